The molecule has 0 bridgehead atoms. The number of ketones is 1. The van der Waals surface area contributed by atoms with E-state index in [-0.39, 0.29) is 18.3 Å². The first-order chi connectivity index (χ1) is 18.9. The Bertz CT molecular complexity index is 1440. The highest BCUT2D eigenvalue weighted by atomic mass is 32.1. The molecule has 3 aromatic rings. The largest absolute Gasteiger partial charge is 0.497 e. The molecule has 7 nitrogen and oxygen atoms in total. The number of carbonyl (C=O) groups is 2. The summed E-state index contributed by atoms with van der Waals surface area (Å²) in [6.07, 6.45) is 1.05. The number of hydrogen-bond acceptors (Lipinski definition) is 8. The molecular formula is C31H31NO6S. The Labute approximate surface area is 232 Å². The summed E-state index contributed by atoms with van der Waals surface area (Å²) in [6, 6.07) is 16.9. The van der Waals surface area contributed by atoms with Crippen molar-refractivity contribution in [1.29, 1.82) is 0 Å². The summed E-state index contributed by atoms with van der Waals surface area (Å²) in [5, 5.41) is 5.44. The van der Waals surface area contributed by atoms with Crippen LogP contribution in [0.2, 0.25) is 0 Å². The Morgan fingerprint density at radius 1 is 0.974 bits per heavy atom. The Balaban J connectivity index is 1.54. The Morgan fingerprint density at radius 2 is 1.72 bits per heavy atom. The monoisotopic (exact) mass is 545 g/mol. The molecule has 0 amide bonds. The smallest absolute Gasteiger partial charge is 0.337 e. The minimum absolute atomic E-state index is 0.00461. The van der Waals surface area contributed by atoms with E-state index in [0.29, 0.717) is 46.7 Å². The van der Waals surface area contributed by atoms with Gasteiger partial charge in [0.05, 0.1) is 32.8 Å². The van der Waals surface area contributed by atoms with Crippen LogP contribution in [0.1, 0.15) is 47.6 Å². The summed E-state index contributed by atoms with van der Waals surface area (Å²) in [7, 11) is 4.77. The van der Waals surface area contributed by atoms with Gasteiger partial charge in [0.2, 0.25) is 0 Å². The van der Waals surface area contributed by atoms with Gasteiger partial charge in [0, 0.05) is 39.7 Å². The van der Waals surface area contributed by atoms with Crippen LogP contribution < -0.4 is 19.5 Å². The number of thiophene rings is 1. The lowest BCUT2D eigenvalue weighted by Crippen LogP contribution is -2.36. The van der Waals surface area contributed by atoms with E-state index in [0.717, 1.165) is 17.0 Å². The fourth-order valence-corrected chi connectivity index (χ4v) is 6.19. The average Bonchev–Trinajstić information content (AvgIpc) is 3.50. The normalized spacial score (nSPS) is 18.8. The molecule has 0 unspecified atom stereocenters. The van der Waals surface area contributed by atoms with E-state index in [9.17, 15) is 9.59 Å². The first kappa shape index (κ1) is 26.6. The molecule has 0 spiro atoms. The van der Waals surface area contributed by atoms with Gasteiger partial charge in [0.1, 0.15) is 23.9 Å². The third-order valence-corrected chi connectivity index (χ3v) is 8.30. The number of esters is 1. The highest BCUT2D eigenvalue weighted by Gasteiger charge is 2.42. The summed E-state index contributed by atoms with van der Waals surface area (Å²) in [5.74, 6) is 0.835. The predicted octanol–water partition coefficient (Wildman–Crippen LogP) is 5.88. The van der Waals surface area contributed by atoms with Crippen LogP contribution in [0, 0.1) is 0 Å². The molecule has 0 radical (unpaired) electrons. The van der Waals surface area contributed by atoms with Gasteiger partial charge in [-0.1, -0.05) is 18.2 Å². The number of benzene rings is 2. The maximum atomic E-state index is 13.8. The summed E-state index contributed by atoms with van der Waals surface area (Å²) < 4.78 is 22.2. The fourth-order valence-electron chi connectivity index (χ4n) is 5.36. The lowest BCUT2D eigenvalue weighted by atomic mass is 9.72. The third kappa shape index (κ3) is 5.29. The van der Waals surface area contributed by atoms with E-state index < -0.39 is 11.9 Å². The van der Waals surface area contributed by atoms with Gasteiger partial charge in [-0.05, 0) is 60.7 Å². The minimum Gasteiger partial charge on any atom is -0.497 e. The second-order valence-electron chi connectivity index (χ2n) is 9.56. The molecule has 2 aromatic carbocycles. The molecule has 39 heavy (non-hydrogen) atoms. The zero-order chi connectivity index (χ0) is 27.5. The van der Waals surface area contributed by atoms with Gasteiger partial charge >= 0.3 is 5.97 Å². The number of Topliss-reactive ketones (excluding diaryl/α,β-unsaturated/α-hetero) is 1. The highest BCUT2D eigenvalue weighted by molar-refractivity contribution is 7.10. The Morgan fingerprint density at radius 3 is 2.38 bits per heavy atom. The molecule has 2 atom stereocenters. The topological polar surface area (TPSA) is 83.1 Å². The van der Waals surface area contributed by atoms with Crippen LogP contribution in [0.5, 0.6) is 17.2 Å². The molecule has 202 valence electrons. The van der Waals surface area contributed by atoms with Crippen molar-refractivity contribution >= 4 is 23.1 Å². The predicted molar refractivity (Wildman–Crippen MR) is 149 cm³/mol. The summed E-state index contributed by atoms with van der Waals surface area (Å²) in [6.45, 7) is 1.94. The molecule has 1 aromatic heterocycles. The number of allylic oxidation sites excluding steroid dienone is 3. The maximum Gasteiger partial charge on any atom is 0.337 e. The quantitative estimate of drug-likeness (QED) is 0.354. The van der Waals surface area contributed by atoms with Gasteiger partial charge in [-0.3, -0.25) is 4.79 Å². The van der Waals surface area contributed by atoms with Crippen LogP contribution in [0.15, 0.2) is 82.5 Å². The number of rotatable bonds is 8. The van der Waals surface area contributed by atoms with Crippen LogP contribution >= 0.6 is 11.3 Å². The number of nitrogens with one attached hydrogen (secondary N) is 1. The van der Waals surface area contributed by atoms with Crippen LogP contribution in [0.3, 0.4) is 0 Å². The van der Waals surface area contributed by atoms with E-state index in [1.807, 2.05) is 48.7 Å². The van der Waals surface area contributed by atoms with Gasteiger partial charge in [0.15, 0.2) is 5.78 Å². The molecule has 5 rings (SSSR count). The number of dihydropyridines is 1. The molecular weight excluding hydrogens is 514 g/mol. The maximum absolute atomic E-state index is 13.8. The molecule has 2 heterocycles. The van der Waals surface area contributed by atoms with E-state index in [4.69, 9.17) is 18.9 Å². The standard InChI is InChI=1S/C31H31NO6S/c1-18-28(31(34)38-17-19-7-9-21(35-2)10-8-19)29(23-16-22(36-3)11-12-26(23)37-4)30-24(32-18)14-20(15-25(30)33)27-6-5-13-39-27/h5-13,16,20,29,32H,14-15,17H2,1-4H3/t20-,29-/m1/s1. The summed E-state index contributed by atoms with van der Waals surface area (Å²) >= 11 is 1.66. The second-order valence-corrected chi connectivity index (χ2v) is 10.5. The van der Waals surface area contributed by atoms with Gasteiger partial charge in [-0.25, -0.2) is 4.79 Å². The molecule has 1 N–H and O–H groups in total. The van der Waals surface area contributed by atoms with Gasteiger partial charge in [-0.2, -0.15) is 0 Å². The van der Waals surface area contributed by atoms with Crippen molar-refractivity contribution in [2.75, 3.05) is 21.3 Å². The van der Waals surface area contributed by atoms with Crippen molar-refractivity contribution in [2.45, 2.75) is 38.2 Å². The number of hydrogen-bond donors (Lipinski definition) is 1. The van der Waals surface area contributed by atoms with Crippen molar-refractivity contribution in [1.82, 2.24) is 5.32 Å². The number of carbonyl (C=O) groups excluding carboxylic acids is 2. The summed E-state index contributed by atoms with van der Waals surface area (Å²) in [4.78, 5) is 28.7. The Hall–Kier alpha value is -4.04. The first-order valence-corrected chi connectivity index (χ1v) is 13.6. The molecule has 0 fully saturated rings. The first-order valence-electron chi connectivity index (χ1n) is 12.7. The number of methoxy groups -OCH3 is 3. The zero-order valence-electron chi connectivity index (χ0n) is 22.4. The molecule has 1 aliphatic carbocycles. The molecule has 1 aliphatic heterocycles. The second kappa shape index (κ2) is 11.4. The van der Waals surface area contributed by atoms with Gasteiger partial charge in [-0.15, -0.1) is 11.3 Å². The van der Waals surface area contributed by atoms with E-state index in [1.165, 1.54) is 4.88 Å². The van der Waals surface area contributed by atoms with Crippen molar-refractivity contribution < 1.29 is 28.5 Å². The molecule has 0 saturated carbocycles. The van der Waals surface area contributed by atoms with E-state index >= 15 is 0 Å². The van der Waals surface area contributed by atoms with Gasteiger partial charge in [0.25, 0.3) is 0 Å². The van der Waals surface area contributed by atoms with Crippen LogP contribution in [0.25, 0.3) is 0 Å². The van der Waals surface area contributed by atoms with E-state index in [1.54, 1.807) is 44.8 Å². The number of ether oxygens (including phenoxy) is 4. The SMILES string of the molecule is COc1ccc(COC(=O)C2=C(C)NC3=C(C(=O)C[C@H](c4cccs4)C3)[C@@H]2c2cc(OC)ccc2OC)cc1. The van der Waals surface area contributed by atoms with E-state index in [2.05, 4.69) is 11.4 Å². The van der Waals surface area contributed by atoms with Crippen LogP contribution in [-0.2, 0) is 20.9 Å². The molecule has 0 saturated heterocycles. The lowest BCUT2D eigenvalue weighted by Gasteiger charge is -2.36. The zero-order valence-corrected chi connectivity index (χ0v) is 23.2. The van der Waals surface area contributed by atoms with Crippen molar-refractivity contribution in [3.05, 3.63) is 98.5 Å². The van der Waals surface area contributed by atoms with Crippen LogP contribution in [0.4, 0.5) is 0 Å². The van der Waals surface area contributed by atoms with Crippen LogP contribution in [-0.4, -0.2) is 33.1 Å². The third-order valence-electron chi connectivity index (χ3n) is 7.27. The summed E-state index contributed by atoms with van der Waals surface area (Å²) in [5.41, 5.74) is 3.97. The van der Waals surface area contributed by atoms with Crippen molar-refractivity contribution in [3.63, 3.8) is 0 Å². The Kier molecular flexibility index (Phi) is 7.74. The lowest BCUT2D eigenvalue weighted by molar-refractivity contribution is -0.140. The van der Waals surface area contributed by atoms with Gasteiger partial charge < -0.3 is 24.3 Å². The van der Waals surface area contributed by atoms with Crippen molar-refractivity contribution in [2.24, 2.45) is 0 Å². The highest BCUT2D eigenvalue weighted by Crippen LogP contribution is 2.48. The van der Waals surface area contributed by atoms with Crippen molar-refractivity contribution in [3.8, 4) is 17.2 Å². The molecule has 8 heteroatoms. The molecule has 2 aliphatic rings. The fraction of sp³-hybridized carbons (Fsp3) is 0.290. The average molecular weight is 546 g/mol. The minimum atomic E-state index is -0.661.